The molecule has 1 atom stereocenters. The SMILES string of the molecule is CC#CCCC(O)c1ccn(-c2ccccc2)n1. The number of nitrogens with zero attached hydrogens (tertiary/aromatic N) is 2. The number of rotatable bonds is 4. The number of hydrogen-bond donors (Lipinski definition) is 1. The molecule has 0 aliphatic carbocycles. The molecule has 1 heterocycles. The van der Waals surface area contributed by atoms with E-state index in [1.807, 2.05) is 42.6 Å². The van der Waals surface area contributed by atoms with Crippen molar-refractivity contribution in [3.8, 4) is 17.5 Å². The maximum Gasteiger partial charge on any atom is 0.0987 e. The van der Waals surface area contributed by atoms with Gasteiger partial charge in [-0.1, -0.05) is 18.2 Å². The van der Waals surface area contributed by atoms with E-state index < -0.39 is 6.10 Å². The molecular formula is C15H16N2O. The summed E-state index contributed by atoms with van der Waals surface area (Å²) in [6.07, 6.45) is 2.62. The maximum atomic E-state index is 9.96. The summed E-state index contributed by atoms with van der Waals surface area (Å²) in [6.45, 7) is 1.80. The van der Waals surface area contributed by atoms with Gasteiger partial charge in [0.1, 0.15) is 0 Å². The van der Waals surface area contributed by atoms with Gasteiger partial charge in [0.15, 0.2) is 0 Å². The van der Waals surface area contributed by atoms with Crippen LogP contribution < -0.4 is 0 Å². The number of benzene rings is 1. The first-order chi connectivity index (χ1) is 8.81. The number of para-hydroxylation sites is 1. The first-order valence-electron chi connectivity index (χ1n) is 6.00. The van der Waals surface area contributed by atoms with Gasteiger partial charge in [0.25, 0.3) is 0 Å². The van der Waals surface area contributed by atoms with Crippen molar-refractivity contribution in [1.29, 1.82) is 0 Å². The summed E-state index contributed by atoms with van der Waals surface area (Å²) >= 11 is 0. The fraction of sp³-hybridized carbons (Fsp3) is 0.267. The Hall–Kier alpha value is -2.05. The molecule has 3 nitrogen and oxygen atoms in total. The van der Waals surface area contributed by atoms with E-state index in [0.29, 0.717) is 18.5 Å². The zero-order valence-electron chi connectivity index (χ0n) is 10.4. The summed E-state index contributed by atoms with van der Waals surface area (Å²) < 4.78 is 1.77. The Morgan fingerprint density at radius 1 is 1.28 bits per heavy atom. The highest BCUT2D eigenvalue weighted by molar-refractivity contribution is 5.30. The van der Waals surface area contributed by atoms with Gasteiger partial charge in [-0.25, -0.2) is 4.68 Å². The summed E-state index contributed by atoms with van der Waals surface area (Å²) in [5.41, 5.74) is 1.68. The van der Waals surface area contributed by atoms with E-state index in [2.05, 4.69) is 16.9 Å². The summed E-state index contributed by atoms with van der Waals surface area (Å²) in [5.74, 6) is 5.76. The largest absolute Gasteiger partial charge is 0.387 e. The van der Waals surface area contributed by atoms with Gasteiger partial charge >= 0.3 is 0 Å². The van der Waals surface area contributed by atoms with Crippen molar-refractivity contribution in [2.24, 2.45) is 0 Å². The van der Waals surface area contributed by atoms with E-state index in [-0.39, 0.29) is 0 Å². The molecule has 0 saturated heterocycles. The monoisotopic (exact) mass is 240 g/mol. The van der Waals surface area contributed by atoms with E-state index in [0.717, 1.165) is 5.69 Å². The second kappa shape index (κ2) is 6.04. The van der Waals surface area contributed by atoms with Crippen LogP contribution in [0.4, 0.5) is 0 Å². The van der Waals surface area contributed by atoms with Crippen molar-refractivity contribution < 1.29 is 5.11 Å². The Balaban J connectivity index is 2.07. The first kappa shape index (κ1) is 12.4. The second-order valence-electron chi connectivity index (χ2n) is 4.00. The average Bonchev–Trinajstić information content (AvgIpc) is 2.89. The van der Waals surface area contributed by atoms with Crippen molar-refractivity contribution in [3.05, 3.63) is 48.3 Å². The summed E-state index contributed by atoms with van der Waals surface area (Å²) in [7, 11) is 0. The third kappa shape index (κ3) is 2.99. The van der Waals surface area contributed by atoms with E-state index in [1.165, 1.54) is 0 Å². The molecule has 2 rings (SSSR count). The lowest BCUT2D eigenvalue weighted by Crippen LogP contribution is -2.00. The summed E-state index contributed by atoms with van der Waals surface area (Å²) in [4.78, 5) is 0. The van der Waals surface area contributed by atoms with Crippen LogP contribution in [-0.2, 0) is 0 Å². The normalized spacial score (nSPS) is 11.7. The van der Waals surface area contributed by atoms with Crippen molar-refractivity contribution >= 4 is 0 Å². The van der Waals surface area contributed by atoms with Crippen LogP contribution in [0.3, 0.4) is 0 Å². The molecule has 0 bridgehead atoms. The third-order valence-electron chi connectivity index (χ3n) is 2.69. The molecule has 1 aromatic carbocycles. The molecule has 0 fully saturated rings. The zero-order valence-corrected chi connectivity index (χ0v) is 10.4. The number of aliphatic hydroxyl groups excluding tert-OH is 1. The van der Waals surface area contributed by atoms with Gasteiger partial charge in [-0.15, -0.1) is 11.8 Å². The van der Waals surface area contributed by atoms with Gasteiger partial charge < -0.3 is 5.11 Å². The van der Waals surface area contributed by atoms with Crippen LogP contribution >= 0.6 is 0 Å². The maximum absolute atomic E-state index is 9.96. The molecule has 18 heavy (non-hydrogen) atoms. The molecule has 3 heteroatoms. The number of aliphatic hydroxyl groups is 1. The number of aromatic nitrogens is 2. The highest BCUT2D eigenvalue weighted by Crippen LogP contribution is 2.17. The first-order valence-corrected chi connectivity index (χ1v) is 6.00. The molecule has 0 amide bonds. The minimum absolute atomic E-state index is 0.546. The molecule has 1 aromatic heterocycles. The lowest BCUT2D eigenvalue weighted by atomic mass is 10.1. The predicted octanol–water partition coefficient (Wildman–Crippen LogP) is 2.71. The van der Waals surface area contributed by atoms with Crippen molar-refractivity contribution in [2.75, 3.05) is 0 Å². The Kier molecular flexibility index (Phi) is 4.16. The van der Waals surface area contributed by atoms with Crippen molar-refractivity contribution in [2.45, 2.75) is 25.9 Å². The molecular weight excluding hydrogens is 224 g/mol. The average molecular weight is 240 g/mol. The number of hydrogen-bond acceptors (Lipinski definition) is 2. The molecule has 92 valence electrons. The minimum atomic E-state index is -0.546. The molecule has 2 aromatic rings. The van der Waals surface area contributed by atoms with Crippen LogP contribution in [-0.4, -0.2) is 14.9 Å². The lowest BCUT2D eigenvalue weighted by Gasteiger charge is -2.05. The van der Waals surface area contributed by atoms with Crippen LogP contribution in [0.2, 0.25) is 0 Å². The van der Waals surface area contributed by atoms with Crippen LogP contribution in [0.5, 0.6) is 0 Å². The van der Waals surface area contributed by atoms with Gasteiger partial charge in [0, 0.05) is 12.6 Å². The fourth-order valence-electron chi connectivity index (χ4n) is 1.72. The Morgan fingerprint density at radius 3 is 2.78 bits per heavy atom. The minimum Gasteiger partial charge on any atom is -0.387 e. The molecule has 1 N–H and O–H groups in total. The molecule has 1 unspecified atom stereocenters. The molecule has 0 saturated carbocycles. The van der Waals surface area contributed by atoms with Gasteiger partial charge in [0.05, 0.1) is 17.5 Å². The molecule has 0 spiro atoms. The standard InChI is InChI=1S/C15H16N2O/c1-2-3-5-10-15(18)14-11-12-17(16-14)13-8-6-4-7-9-13/h4,6-9,11-12,15,18H,5,10H2,1H3. The Bertz CT molecular complexity index is 549. The Labute approximate surface area is 107 Å². The van der Waals surface area contributed by atoms with Crippen LogP contribution in [0.15, 0.2) is 42.6 Å². The quantitative estimate of drug-likeness (QED) is 0.834. The Morgan fingerprint density at radius 2 is 2.06 bits per heavy atom. The molecule has 0 radical (unpaired) electrons. The van der Waals surface area contributed by atoms with Crippen LogP contribution in [0.25, 0.3) is 5.69 Å². The van der Waals surface area contributed by atoms with E-state index in [4.69, 9.17) is 0 Å². The van der Waals surface area contributed by atoms with Gasteiger partial charge in [-0.2, -0.15) is 5.10 Å². The smallest absolute Gasteiger partial charge is 0.0987 e. The molecule has 0 aliphatic rings. The van der Waals surface area contributed by atoms with Crippen molar-refractivity contribution in [3.63, 3.8) is 0 Å². The van der Waals surface area contributed by atoms with Gasteiger partial charge in [-0.05, 0) is 31.5 Å². The predicted molar refractivity (Wildman–Crippen MR) is 71.2 cm³/mol. The summed E-state index contributed by atoms with van der Waals surface area (Å²) in [5, 5.41) is 14.3. The van der Waals surface area contributed by atoms with E-state index in [9.17, 15) is 5.11 Å². The topological polar surface area (TPSA) is 38.0 Å². The fourth-order valence-corrected chi connectivity index (χ4v) is 1.72. The van der Waals surface area contributed by atoms with Gasteiger partial charge in [-0.3, -0.25) is 0 Å². The summed E-state index contributed by atoms with van der Waals surface area (Å²) in [6, 6.07) is 11.7. The van der Waals surface area contributed by atoms with Crippen molar-refractivity contribution in [1.82, 2.24) is 9.78 Å². The molecule has 0 aliphatic heterocycles. The highest BCUT2D eigenvalue weighted by atomic mass is 16.3. The van der Waals surface area contributed by atoms with Gasteiger partial charge in [0.2, 0.25) is 0 Å². The van der Waals surface area contributed by atoms with E-state index in [1.54, 1.807) is 11.6 Å². The van der Waals surface area contributed by atoms with Crippen LogP contribution in [0.1, 0.15) is 31.6 Å². The second-order valence-corrected chi connectivity index (χ2v) is 4.00. The third-order valence-corrected chi connectivity index (χ3v) is 2.69. The van der Waals surface area contributed by atoms with Crippen LogP contribution in [0, 0.1) is 11.8 Å². The lowest BCUT2D eigenvalue weighted by molar-refractivity contribution is 0.164. The highest BCUT2D eigenvalue weighted by Gasteiger charge is 2.10. The van der Waals surface area contributed by atoms with E-state index >= 15 is 0 Å². The zero-order chi connectivity index (χ0) is 12.8.